The molecular weight excluding hydrogens is 548 g/mol. The van der Waals surface area contributed by atoms with Crippen LogP contribution in [-0.2, 0) is 29.1 Å². The summed E-state index contributed by atoms with van der Waals surface area (Å²) in [5.41, 5.74) is -2.04. The van der Waals surface area contributed by atoms with Gasteiger partial charge >= 0.3 is 6.09 Å². The third kappa shape index (κ3) is 7.61. The van der Waals surface area contributed by atoms with E-state index in [0.717, 1.165) is 19.3 Å². The van der Waals surface area contributed by atoms with Crippen molar-refractivity contribution in [2.24, 2.45) is 23.7 Å². The van der Waals surface area contributed by atoms with Crippen molar-refractivity contribution < 1.29 is 32.3 Å². The van der Waals surface area contributed by atoms with Gasteiger partial charge in [0.1, 0.15) is 17.2 Å². The van der Waals surface area contributed by atoms with Gasteiger partial charge in [0, 0.05) is 19.0 Å². The van der Waals surface area contributed by atoms with Gasteiger partial charge in [-0.25, -0.2) is 13.2 Å². The maximum Gasteiger partial charge on any atom is 0.407 e. The summed E-state index contributed by atoms with van der Waals surface area (Å²) in [6.07, 6.45) is 8.08. The van der Waals surface area contributed by atoms with Gasteiger partial charge in [-0.05, 0) is 84.0 Å². The lowest BCUT2D eigenvalue weighted by atomic mass is 9.83. The highest BCUT2D eigenvalue weighted by Crippen LogP contribution is 2.46. The monoisotopic (exact) mass is 594 g/mol. The number of hydrogen-bond donors (Lipinski definition) is 3. The van der Waals surface area contributed by atoms with Gasteiger partial charge in [0.25, 0.3) is 5.91 Å². The quantitative estimate of drug-likeness (QED) is 0.414. The maximum atomic E-state index is 14.0. The Labute approximate surface area is 243 Å². The molecule has 6 unspecified atom stereocenters. The number of fused-ring (bicyclic) bond motifs is 2. The highest BCUT2D eigenvalue weighted by Gasteiger charge is 2.61. The lowest BCUT2D eigenvalue weighted by molar-refractivity contribution is -0.143. The van der Waals surface area contributed by atoms with E-state index < -0.39 is 56.3 Å². The van der Waals surface area contributed by atoms with Gasteiger partial charge in [0.15, 0.2) is 0 Å². The van der Waals surface area contributed by atoms with Gasteiger partial charge in [-0.15, -0.1) is 0 Å². The van der Waals surface area contributed by atoms with E-state index in [9.17, 15) is 27.6 Å². The second kappa shape index (κ2) is 11.9. The van der Waals surface area contributed by atoms with Crippen molar-refractivity contribution in [3.63, 3.8) is 0 Å². The van der Waals surface area contributed by atoms with Gasteiger partial charge in [0.2, 0.25) is 21.8 Å². The number of nitrogens with zero attached hydrogens (tertiary/aromatic N) is 1. The molecule has 1 saturated heterocycles. The van der Waals surface area contributed by atoms with E-state index in [1.54, 1.807) is 25.7 Å². The smallest absolute Gasteiger partial charge is 0.407 e. The van der Waals surface area contributed by atoms with E-state index in [2.05, 4.69) is 22.3 Å². The number of amides is 4. The third-order valence-corrected chi connectivity index (χ3v) is 10.5. The molecule has 4 aliphatic rings. The van der Waals surface area contributed by atoms with E-state index in [1.165, 1.54) is 0 Å². The molecule has 230 valence electrons. The molecule has 3 fully saturated rings. The molecule has 0 aromatic rings. The van der Waals surface area contributed by atoms with Crippen LogP contribution in [0.5, 0.6) is 0 Å². The Morgan fingerprint density at radius 2 is 1.85 bits per heavy atom. The normalized spacial score (nSPS) is 33.0. The zero-order valence-electron chi connectivity index (χ0n) is 24.9. The summed E-state index contributed by atoms with van der Waals surface area (Å²) < 4.78 is 32.7. The van der Waals surface area contributed by atoms with Crippen LogP contribution in [0.15, 0.2) is 12.2 Å². The van der Waals surface area contributed by atoms with Crippen molar-refractivity contribution in [1.29, 1.82) is 0 Å². The Morgan fingerprint density at radius 3 is 2.51 bits per heavy atom. The van der Waals surface area contributed by atoms with Crippen LogP contribution in [0.4, 0.5) is 4.79 Å². The van der Waals surface area contributed by atoms with Crippen molar-refractivity contribution in [1.82, 2.24) is 20.3 Å². The van der Waals surface area contributed by atoms with E-state index >= 15 is 0 Å². The molecule has 2 heterocycles. The first-order chi connectivity index (χ1) is 19.1. The summed E-state index contributed by atoms with van der Waals surface area (Å²) in [5, 5.41) is 5.07. The molecule has 0 spiro atoms. The Balaban J connectivity index is 1.56. The van der Waals surface area contributed by atoms with Crippen LogP contribution < -0.4 is 15.4 Å². The standard InChI is InChI=1S/C29H46N4O7S/c1-18-9-6-7-10-20-16-29(20,26(36)32-41(38,39)21-12-13-21)31-24(34)23-11-8-14-33(23)25(35)22(19(2)15-18)17-30-27(37)40-28(3,4)5/h7,10,18-23H,6,8-9,11-17H2,1-5H3,(H,30,37)(H,31,34)(H,32,36). The number of rotatable bonds is 5. The number of ether oxygens (including phenoxy) is 1. The molecule has 3 N–H and O–H groups in total. The molecule has 0 aromatic carbocycles. The van der Waals surface area contributed by atoms with Crippen LogP contribution in [0, 0.1) is 23.7 Å². The van der Waals surface area contributed by atoms with Gasteiger partial charge in [-0.2, -0.15) is 0 Å². The Morgan fingerprint density at radius 1 is 1.15 bits per heavy atom. The Hall–Kier alpha value is -2.63. The maximum absolute atomic E-state index is 14.0. The van der Waals surface area contributed by atoms with Gasteiger partial charge in [-0.1, -0.05) is 26.0 Å². The molecule has 0 bridgehead atoms. The summed E-state index contributed by atoms with van der Waals surface area (Å²) in [6.45, 7) is 9.92. The molecule has 11 nitrogen and oxygen atoms in total. The van der Waals surface area contributed by atoms with E-state index in [0.29, 0.717) is 44.6 Å². The van der Waals surface area contributed by atoms with E-state index in [4.69, 9.17) is 4.74 Å². The first-order valence-corrected chi connectivity index (χ1v) is 16.5. The average molecular weight is 595 g/mol. The van der Waals surface area contributed by atoms with Crippen molar-refractivity contribution in [2.45, 2.75) is 108 Å². The summed E-state index contributed by atoms with van der Waals surface area (Å²) >= 11 is 0. The molecule has 6 atom stereocenters. The summed E-state index contributed by atoms with van der Waals surface area (Å²) in [5.74, 6) is -2.04. The first-order valence-electron chi connectivity index (χ1n) is 14.9. The van der Waals surface area contributed by atoms with Crippen LogP contribution in [0.1, 0.15) is 86.0 Å². The molecule has 41 heavy (non-hydrogen) atoms. The first kappa shape index (κ1) is 31.3. The van der Waals surface area contributed by atoms with E-state index in [-0.39, 0.29) is 24.3 Å². The third-order valence-electron chi connectivity index (χ3n) is 8.64. The lowest BCUT2D eigenvalue weighted by Gasteiger charge is -2.33. The lowest BCUT2D eigenvalue weighted by Crippen LogP contribution is -2.57. The van der Waals surface area contributed by atoms with Crippen LogP contribution in [0.25, 0.3) is 0 Å². The second-order valence-electron chi connectivity index (χ2n) is 13.4. The van der Waals surface area contributed by atoms with Crippen LogP contribution in [0.3, 0.4) is 0 Å². The minimum absolute atomic E-state index is 0.0657. The predicted molar refractivity (Wildman–Crippen MR) is 153 cm³/mol. The highest BCUT2D eigenvalue weighted by atomic mass is 32.2. The number of hydrogen-bond acceptors (Lipinski definition) is 7. The number of alkyl carbamates (subject to hydrolysis) is 1. The van der Waals surface area contributed by atoms with Crippen LogP contribution in [0.2, 0.25) is 0 Å². The minimum Gasteiger partial charge on any atom is -0.444 e. The summed E-state index contributed by atoms with van der Waals surface area (Å²) in [6, 6.07) is -0.781. The second-order valence-corrected chi connectivity index (χ2v) is 15.4. The van der Waals surface area contributed by atoms with Crippen LogP contribution >= 0.6 is 0 Å². The largest absolute Gasteiger partial charge is 0.444 e. The fraction of sp³-hybridized carbons (Fsp3) is 0.793. The van der Waals surface area contributed by atoms with Crippen molar-refractivity contribution in [3.8, 4) is 0 Å². The molecule has 4 amide bonds. The zero-order chi connectivity index (χ0) is 30.2. The molecule has 4 rings (SSSR count). The highest BCUT2D eigenvalue weighted by molar-refractivity contribution is 7.91. The molecule has 0 radical (unpaired) electrons. The van der Waals surface area contributed by atoms with Crippen molar-refractivity contribution in [3.05, 3.63) is 12.2 Å². The molecule has 2 aliphatic heterocycles. The molecule has 2 aliphatic carbocycles. The van der Waals surface area contributed by atoms with Gasteiger partial charge in [0.05, 0.1) is 11.2 Å². The zero-order valence-corrected chi connectivity index (χ0v) is 25.7. The minimum atomic E-state index is -3.79. The summed E-state index contributed by atoms with van der Waals surface area (Å²) in [4.78, 5) is 55.0. The molecular formula is C29H46N4O7S. The SMILES string of the molecule is CC1CCC=CC2CC2(C(=O)NS(=O)(=O)C2CC2)NC(=O)C2CCCN2C(=O)C(CNC(=O)OC(C)(C)C)C(C)C1. The van der Waals surface area contributed by atoms with Crippen molar-refractivity contribution in [2.75, 3.05) is 13.1 Å². The van der Waals surface area contributed by atoms with E-state index in [1.807, 2.05) is 19.1 Å². The fourth-order valence-electron chi connectivity index (χ4n) is 6.08. The Bertz CT molecular complexity index is 1180. The number of nitrogens with one attached hydrogen (secondary N) is 3. The number of sulfonamides is 1. The number of carbonyl (C=O) groups is 4. The molecule has 12 heteroatoms. The van der Waals surface area contributed by atoms with Gasteiger partial charge < -0.3 is 20.3 Å². The number of carbonyl (C=O) groups excluding carboxylic acids is 4. The van der Waals surface area contributed by atoms with Crippen LogP contribution in [-0.4, -0.2) is 72.7 Å². The molecule has 2 saturated carbocycles. The predicted octanol–water partition coefficient (Wildman–Crippen LogP) is 2.61. The topological polar surface area (TPSA) is 151 Å². The Kier molecular flexibility index (Phi) is 9.11. The molecule has 0 aromatic heterocycles. The van der Waals surface area contributed by atoms with Gasteiger partial charge in [-0.3, -0.25) is 19.1 Å². The fourth-order valence-corrected chi connectivity index (χ4v) is 7.44. The average Bonchev–Trinajstić information content (AvgIpc) is 3.77. The summed E-state index contributed by atoms with van der Waals surface area (Å²) in [7, 11) is -3.79. The number of allylic oxidation sites excluding steroid dienone is 1. The van der Waals surface area contributed by atoms with Crippen molar-refractivity contribution >= 4 is 33.8 Å².